The molecule has 0 aromatic carbocycles. The Bertz CT molecular complexity index is 342. The lowest BCUT2D eigenvalue weighted by Gasteiger charge is -1.99. The lowest BCUT2D eigenvalue weighted by atomic mass is 10.4. The minimum absolute atomic E-state index is 0.191. The van der Waals surface area contributed by atoms with Crippen LogP contribution in [0, 0.1) is 12.3 Å². The van der Waals surface area contributed by atoms with Gasteiger partial charge in [0, 0.05) is 13.0 Å². The number of halogens is 1. The number of amides is 1. The number of carbonyl (C=O) groups excluding carboxylic acids is 1. The summed E-state index contributed by atoms with van der Waals surface area (Å²) < 4.78 is 0.741. The van der Waals surface area contributed by atoms with Gasteiger partial charge in [0.25, 0.3) is 5.91 Å². The molecule has 1 N–H and O–H groups in total. The molecule has 1 aromatic heterocycles. The number of thiazole rings is 1. The van der Waals surface area contributed by atoms with Crippen molar-refractivity contribution >= 4 is 33.2 Å². The van der Waals surface area contributed by atoms with E-state index >= 15 is 0 Å². The van der Waals surface area contributed by atoms with E-state index in [0.29, 0.717) is 18.7 Å². The summed E-state index contributed by atoms with van der Waals surface area (Å²) in [6, 6.07) is 0. The quantitative estimate of drug-likeness (QED) is 0.662. The number of nitrogens with one attached hydrogen (secondary N) is 1. The molecule has 0 radical (unpaired) electrons. The number of rotatable bonds is 3. The van der Waals surface area contributed by atoms with Crippen LogP contribution in [0.5, 0.6) is 0 Å². The molecule has 13 heavy (non-hydrogen) atoms. The number of carbonyl (C=O) groups is 1. The van der Waals surface area contributed by atoms with Crippen LogP contribution in [0.3, 0.4) is 0 Å². The molecule has 0 aliphatic rings. The molecule has 0 fully saturated rings. The van der Waals surface area contributed by atoms with Crippen molar-refractivity contribution in [1.29, 1.82) is 0 Å². The van der Waals surface area contributed by atoms with E-state index in [1.165, 1.54) is 11.3 Å². The standard InChI is InChI=1S/C8H7BrN2OS/c1-2-3-4-10-8(12)6-7(9)13-5-11-6/h1,5H,3-4H2,(H,10,12). The molecule has 0 bridgehead atoms. The van der Waals surface area contributed by atoms with E-state index in [9.17, 15) is 4.79 Å². The van der Waals surface area contributed by atoms with Gasteiger partial charge in [0.15, 0.2) is 5.69 Å². The summed E-state index contributed by atoms with van der Waals surface area (Å²) in [4.78, 5) is 15.2. The van der Waals surface area contributed by atoms with Crippen LogP contribution in [0.25, 0.3) is 0 Å². The topological polar surface area (TPSA) is 42.0 Å². The molecule has 0 atom stereocenters. The molecular weight excluding hydrogens is 252 g/mol. The third kappa shape index (κ3) is 2.83. The normalized spacial score (nSPS) is 9.23. The zero-order valence-electron chi connectivity index (χ0n) is 6.71. The maximum atomic E-state index is 11.3. The summed E-state index contributed by atoms with van der Waals surface area (Å²) >= 11 is 4.61. The number of terminal acetylenes is 1. The average Bonchev–Trinajstić information content (AvgIpc) is 2.52. The van der Waals surface area contributed by atoms with Gasteiger partial charge >= 0.3 is 0 Å². The molecule has 1 rings (SSSR count). The Morgan fingerprint density at radius 1 is 1.85 bits per heavy atom. The predicted molar refractivity (Wildman–Crippen MR) is 55.6 cm³/mol. The summed E-state index contributed by atoms with van der Waals surface area (Å²) in [5.41, 5.74) is 2.03. The SMILES string of the molecule is C#CCCNC(=O)c1ncsc1Br. The fraction of sp³-hybridized carbons (Fsp3) is 0.250. The Kier molecular flexibility index (Phi) is 3.93. The Morgan fingerprint density at radius 2 is 2.62 bits per heavy atom. The molecule has 0 saturated carbocycles. The van der Waals surface area contributed by atoms with E-state index in [-0.39, 0.29) is 5.91 Å². The van der Waals surface area contributed by atoms with Crippen LogP contribution in [-0.2, 0) is 0 Å². The molecule has 68 valence electrons. The Morgan fingerprint density at radius 3 is 3.15 bits per heavy atom. The van der Waals surface area contributed by atoms with Crippen molar-refractivity contribution in [2.45, 2.75) is 6.42 Å². The lowest BCUT2D eigenvalue weighted by Crippen LogP contribution is -2.24. The highest BCUT2D eigenvalue weighted by Gasteiger charge is 2.11. The van der Waals surface area contributed by atoms with Gasteiger partial charge in [-0.15, -0.1) is 23.7 Å². The van der Waals surface area contributed by atoms with Crippen LogP contribution in [-0.4, -0.2) is 17.4 Å². The van der Waals surface area contributed by atoms with Crippen LogP contribution >= 0.6 is 27.3 Å². The van der Waals surface area contributed by atoms with Crippen molar-refractivity contribution in [2.75, 3.05) is 6.54 Å². The van der Waals surface area contributed by atoms with Gasteiger partial charge in [0.1, 0.15) is 3.79 Å². The largest absolute Gasteiger partial charge is 0.350 e. The van der Waals surface area contributed by atoms with E-state index in [1.54, 1.807) is 5.51 Å². The molecule has 1 amide bonds. The first-order valence-electron chi connectivity index (χ1n) is 3.56. The summed E-state index contributed by atoms with van der Waals surface area (Å²) in [6.07, 6.45) is 5.57. The Balaban J connectivity index is 2.50. The first kappa shape index (κ1) is 10.2. The molecule has 0 spiro atoms. The van der Waals surface area contributed by atoms with Gasteiger partial charge in [-0.05, 0) is 15.9 Å². The molecule has 3 nitrogen and oxygen atoms in total. The first-order valence-corrected chi connectivity index (χ1v) is 5.23. The third-order valence-corrected chi connectivity index (χ3v) is 2.84. The van der Waals surface area contributed by atoms with Gasteiger partial charge in [-0.3, -0.25) is 4.79 Å². The van der Waals surface area contributed by atoms with Crippen molar-refractivity contribution < 1.29 is 4.79 Å². The second kappa shape index (κ2) is 5.00. The van der Waals surface area contributed by atoms with E-state index < -0.39 is 0 Å². The highest BCUT2D eigenvalue weighted by atomic mass is 79.9. The molecule has 0 aliphatic carbocycles. The first-order chi connectivity index (χ1) is 6.25. The fourth-order valence-corrected chi connectivity index (χ4v) is 1.75. The molecular formula is C8H7BrN2OS. The van der Waals surface area contributed by atoms with E-state index in [1.807, 2.05) is 0 Å². The summed E-state index contributed by atoms with van der Waals surface area (Å²) in [5.74, 6) is 2.25. The summed E-state index contributed by atoms with van der Waals surface area (Å²) in [5, 5.41) is 2.66. The van der Waals surface area contributed by atoms with Crippen molar-refractivity contribution in [1.82, 2.24) is 10.3 Å². The van der Waals surface area contributed by atoms with Crippen LogP contribution < -0.4 is 5.32 Å². The van der Waals surface area contributed by atoms with Crippen LogP contribution in [0.4, 0.5) is 0 Å². The monoisotopic (exact) mass is 258 g/mol. The number of hydrogen-bond acceptors (Lipinski definition) is 3. The smallest absolute Gasteiger partial charge is 0.271 e. The summed E-state index contributed by atoms with van der Waals surface area (Å²) in [6.45, 7) is 0.485. The Labute approximate surface area is 88.7 Å². The Hall–Kier alpha value is -0.860. The molecule has 1 aromatic rings. The van der Waals surface area contributed by atoms with Gasteiger partial charge in [-0.1, -0.05) is 0 Å². The van der Waals surface area contributed by atoms with Gasteiger partial charge in [0.05, 0.1) is 5.51 Å². The highest BCUT2D eigenvalue weighted by molar-refractivity contribution is 9.11. The molecule has 0 aliphatic heterocycles. The second-order valence-electron chi connectivity index (χ2n) is 2.18. The van der Waals surface area contributed by atoms with Gasteiger partial charge < -0.3 is 5.32 Å². The maximum Gasteiger partial charge on any atom is 0.271 e. The third-order valence-electron chi connectivity index (χ3n) is 1.29. The van der Waals surface area contributed by atoms with Crippen molar-refractivity contribution in [3.8, 4) is 12.3 Å². The van der Waals surface area contributed by atoms with Crippen LogP contribution in [0.15, 0.2) is 9.30 Å². The van der Waals surface area contributed by atoms with Gasteiger partial charge in [-0.2, -0.15) is 0 Å². The highest BCUT2D eigenvalue weighted by Crippen LogP contribution is 2.19. The maximum absolute atomic E-state index is 11.3. The number of aromatic nitrogens is 1. The van der Waals surface area contributed by atoms with Gasteiger partial charge in [0.2, 0.25) is 0 Å². The molecule has 1 heterocycles. The zero-order chi connectivity index (χ0) is 9.68. The predicted octanol–water partition coefficient (Wildman–Crippen LogP) is 1.66. The minimum atomic E-state index is -0.191. The number of nitrogens with zero attached hydrogens (tertiary/aromatic N) is 1. The van der Waals surface area contributed by atoms with E-state index in [0.717, 1.165) is 3.79 Å². The molecule has 5 heteroatoms. The minimum Gasteiger partial charge on any atom is -0.350 e. The van der Waals surface area contributed by atoms with E-state index in [4.69, 9.17) is 6.42 Å². The summed E-state index contributed by atoms with van der Waals surface area (Å²) in [7, 11) is 0. The zero-order valence-corrected chi connectivity index (χ0v) is 9.11. The molecule has 0 unspecified atom stereocenters. The van der Waals surface area contributed by atoms with E-state index in [2.05, 4.69) is 32.2 Å². The fourth-order valence-electron chi connectivity index (χ4n) is 0.712. The van der Waals surface area contributed by atoms with Crippen molar-refractivity contribution in [3.63, 3.8) is 0 Å². The number of hydrogen-bond donors (Lipinski definition) is 1. The van der Waals surface area contributed by atoms with Crippen LogP contribution in [0.1, 0.15) is 16.9 Å². The van der Waals surface area contributed by atoms with Gasteiger partial charge in [-0.25, -0.2) is 4.98 Å². The molecule has 0 saturated heterocycles. The van der Waals surface area contributed by atoms with Crippen LogP contribution in [0.2, 0.25) is 0 Å². The average molecular weight is 259 g/mol. The second-order valence-corrected chi connectivity index (χ2v) is 4.36. The van der Waals surface area contributed by atoms with Crippen molar-refractivity contribution in [2.24, 2.45) is 0 Å². The lowest BCUT2D eigenvalue weighted by molar-refractivity contribution is 0.0949. The van der Waals surface area contributed by atoms with Crippen molar-refractivity contribution in [3.05, 3.63) is 15.0 Å².